The molecule has 2 unspecified atom stereocenters. The molecule has 2 heterocycles. The molecule has 19 heavy (non-hydrogen) atoms. The number of carbonyl (C=O) groups excluding carboxylic acids is 1. The molecule has 1 amide bonds. The van der Waals surface area contributed by atoms with Crippen LogP contribution in [0.1, 0.15) is 47.8 Å². The number of anilines is 2. The molecule has 2 atom stereocenters. The maximum atomic E-state index is 11.5. The fraction of sp³-hybridized carbons (Fsp3) is 0.643. The molecule has 5 heteroatoms. The Hall–Kier alpha value is -1.23. The van der Waals surface area contributed by atoms with Gasteiger partial charge in [-0.05, 0) is 30.6 Å². The quantitative estimate of drug-likeness (QED) is 0.892. The van der Waals surface area contributed by atoms with E-state index in [0.29, 0.717) is 28.3 Å². The number of nitrogen functional groups attached to an aromatic ring is 1. The third-order valence-electron chi connectivity index (χ3n) is 4.45. The summed E-state index contributed by atoms with van der Waals surface area (Å²) < 4.78 is 0. The number of hydrogen-bond donors (Lipinski definition) is 2. The number of hydrogen-bond acceptors (Lipinski definition) is 4. The van der Waals surface area contributed by atoms with E-state index in [0.717, 1.165) is 13.1 Å². The van der Waals surface area contributed by atoms with E-state index in [4.69, 9.17) is 11.5 Å². The van der Waals surface area contributed by atoms with Crippen molar-refractivity contribution in [1.29, 1.82) is 0 Å². The lowest BCUT2D eigenvalue weighted by Gasteiger charge is -2.18. The van der Waals surface area contributed by atoms with E-state index in [1.807, 2.05) is 0 Å². The molecule has 104 valence electrons. The molecule has 3 rings (SSSR count). The van der Waals surface area contributed by atoms with E-state index in [2.05, 4.69) is 18.7 Å². The first kappa shape index (κ1) is 12.8. The Bertz CT molecular complexity index is 511. The molecule has 4 nitrogen and oxygen atoms in total. The molecular formula is C14H21N3OS. The van der Waals surface area contributed by atoms with Gasteiger partial charge in [-0.3, -0.25) is 4.79 Å². The minimum absolute atomic E-state index is 0.393. The van der Waals surface area contributed by atoms with Crippen LogP contribution in [0.4, 0.5) is 10.7 Å². The molecule has 2 aliphatic rings. The van der Waals surface area contributed by atoms with Crippen molar-refractivity contribution < 1.29 is 4.79 Å². The zero-order chi connectivity index (χ0) is 13.7. The summed E-state index contributed by atoms with van der Waals surface area (Å²) in [6.45, 7) is 6.68. The summed E-state index contributed by atoms with van der Waals surface area (Å²) in [4.78, 5) is 14.5. The van der Waals surface area contributed by atoms with Gasteiger partial charge in [0.25, 0.3) is 5.91 Å². The van der Waals surface area contributed by atoms with Crippen molar-refractivity contribution in [2.24, 2.45) is 17.6 Å². The SMILES string of the molecule is CC1CN(c2sc(C(N)=O)c(N)c2C2CC2)CC1C. The first-order chi connectivity index (χ1) is 8.99. The molecule has 0 radical (unpaired) electrons. The second kappa shape index (κ2) is 4.40. The van der Waals surface area contributed by atoms with Gasteiger partial charge in [-0.25, -0.2) is 0 Å². The zero-order valence-corrected chi connectivity index (χ0v) is 12.3. The number of carbonyl (C=O) groups is 1. The Morgan fingerprint density at radius 3 is 2.32 bits per heavy atom. The second-order valence-electron chi connectivity index (χ2n) is 6.06. The molecule has 0 bridgehead atoms. The van der Waals surface area contributed by atoms with Crippen molar-refractivity contribution in [3.05, 3.63) is 10.4 Å². The van der Waals surface area contributed by atoms with Crippen LogP contribution in [0.15, 0.2) is 0 Å². The van der Waals surface area contributed by atoms with E-state index in [-0.39, 0.29) is 0 Å². The molecule has 1 aliphatic carbocycles. The minimum Gasteiger partial charge on any atom is -0.397 e. The summed E-state index contributed by atoms with van der Waals surface area (Å²) in [6, 6.07) is 0. The number of primary amides is 1. The van der Waals surface area contributed by atoms with Crippen LogP contribution in [0.3, 0.4) is 0 Å². The monoisotopic (exact) mass is 279 g/mol. The molecule has 4 N–H and O–H groups in total. The van der Waals surface area contributed by atoms with Crippen molar-refractivity contribution in [2.45, 2.75) is 32.6 Å². The Balaban J connectivity index is 2.00. The van der Waals surface area contributed by atoms with E-state index >= 15 is 0 Å². The summed E-state index contributed by atoms with van der Waals surface area (Å²) >= 11 is 1.49. The van der Waals surface area contributed by atoms with Crippen molar-refractivity contribution in [3.8, 4) is 0 Å². The third kappa shape index (κ3) is 2.10. The summed E-state index contributed by atoms with van der Waals surface area (Å²) in [5.74, 6) is 1.53. The Morgan fingerprint density at radius 2 is 1.84 bits per heavy atom. The largest absolute Gasteiger partial charge is 0.397 e. The first-order valence-electron chi connectivity index (χ1n) is 6.96. The van der Waals surface area contributed by atoms with Gasteiger partial charge in [-0.15, -0.1) is 11.3 Å². The van der Waals surface area contributed by atoms with E-state index in [9.17, 15) is 4.79 Å². The summed E-state index contributed by atoms with van der Waals surface area (Å²) in [6.07, 6.45) is 2.37. The molecule has 1 aromatic heterocycles. The average molecular weight is 279 g/mol. The van der Waals surface area contributed by atoms with Gasteiger partial charge in [0.1, 0.15) is 4.88 Å². The standard InChI is InChI=1S/C14H21N3OS/c1-7-5-17(6-8(7)2)14-10(9-3-4-9)11(15)12(19-14)13(16)18/h7-9H,3-6,15H2,1-2H3,(H2,16,18). The Morgan fingerprint density at radius 1 is 1.26 bits per heavy atom. The molecule has 0 aromatic carbocycles. The van der Waals surface area contributed by atoms with E-state index < -0.39 is 5.91 Å². The van der Waals surface area contributed by atoms with Crippen molar-refractivity contribution in [3.63, 3.8) is 0 Å². The van der Waals surface area contributed by atoms with Crippen molar-refractivity contribution in [2.75, 3.05) is 23.7 Å². The predicted octanol–water partition coefficient (Wildman–Crippen LogP) is 2.40. The minimum atomic E-state index is -0.393. The van der Waals surface area contributed by atoms with Crippen LogP contribution in [0.25, 0.3) is 0 Å². The summed E-state index contributed by atoms with van der Waals surface area (Å²) in [5, 5.41) is 1.20. The Kier molecular flexibility index (Phi) is 2.96. The normalized spacial score (nSPS) is 26.9. The van der Waals surface area contributed by atoms with Crippen LogP contribution in [-0.2, 0) is 0 Å². The molecule has 1 saturated carbocycles. The van der Waals surface area contributed by atoms with Gasteiger partial charge in [0.05, 0.1) is 10.7 Å². The fourth-order valence-electron chi connectivity index (χ4n) is 2.92. The highest BCUT2D eigenvalue weighted by Gasteiger charge is 2.36. The molecule has 2 fully saturated rings. The lowest BCUT2D eigenvalue weighted by atomic mass is 10.0. The van der Waals surface area contributed by atoms with Gasteiger partial charge >= 0.3 is 0 Å². The van der Waals surface area contributed by atoms with Gasteiger partial charge in [-0.2, -0.15) is 0 Å². The lowest BCUT2D eigenvalue weighted by Crippen LogP contribution is -2.19. The topological polar surface area (TPSA) is 72.3 Å². The van der Waals surface area contributed by atoms with Gasteiger partial charge in [0.15, 0.2) is 0 Å². The van der Waals surface area contributed by atoms with E-state index in [1.54, 1.807) is 0 Å². The Labute approximate surface area is 117 Å². The van der Waals surface area contributed by atoms with Crippen molar-refractivity contribution >= 4 is 27.9 Å². The molecule has 1 saturated heterocycles. The number of thiophene rings is 1. The zero-order valence-electron chi connectivity index (χ0n) is 11.5. The third-order valence-corrected chi connectivity index (χ3v) is 5.75. The smallest absolute Gasteiger partial charge is 0.260 e. The summed E-state index contributed by atoms with van der Waals surface area (Å²) in [5.41, 5.74) is 13.4. The van der Waals surface area contributed by atoms with Crippen LogP contribution in [-0.4, -0.2) is 19.0 Å². The van der Waals surface area contributed by atoms with Crippen molar-refractivity contribution in [1.82, 2.24) is 0 Å². The number of nitrogens with two attached hydrogens (primary N) is 2. The van der Waals surface area contributed by atoms with Crippen LogP contribution in [0.2, 0.25) is 0 Å². The van der Waals surface area contributed by atoms with Crippen LogP contribution < -0.4 is 16.4 Å². The average Bonchev–Trinajstić information content (AvgIpc) is 3.03. The van der Waals surface area contributed by atoms with Gasteiger partial charge in [-0.1, -0.05) is 13.8 Å². The molecular weight excluding hydrogens is 258 g/mol. The molecule has 1 aromatic rings. The van der Waals surface area contributed by atoms with Gasteiger partial charge in [0.2, 0.25) is 0 Å². The van der Waals surface area contributed by atoms with Crippen LogP contribution in [0.5, 0.6) is 0 Å². The maximum Gasteiger partial charge on any atom is 0.260 e. The lowest BCUT2D eigenvalue weighted by molar-refractivity contribution is 0.100. The van der Waals surface area contributed by atoms with Crippen LogP contribution in [0, 0.1) is 11.8 Å². The number of rotatable bonds is 3. The highest BCUT2D eigenvalue weighted by Crippen LogP contribution is 2.52. The second-order valence-corrected chi connectivity index (χ2v) is 7.06. The number of amides is 1. The fourth-order valence-corrected chi connectivity index (χ4v) is 4.10. The predicted molar refractivity (Wildman–Crippen MR) is 79.8 cm³/mol. The molecule has 0 spiro atoms. The summed E-state index contributed by atoms with van der Waals surface area (Å²) in [7, 11) is 0. The van der Waals surface area contributed by atoms with E-state index in [1.165, 1.54) is 34.7 Å². The highest BCUT2D eigenvalue weighted by molar-refractivity contribution is 7.18. The van der Waals surface area contributed by atoms with Crippen LogP contribution >= 0.6 is 11.3 Å². The first-order valence-corrected chi connectivity index (χ1v) is 7.77. The molecule has 1 aliphatic heterocycles. The number of nitrogens with zero attached hydrogens (tertiary/aromatic N) is 1. The maximum absolute atomic E-state index is 11.5. The highest BCUT2D eigenvalue weighted by atomic mass is 32.1. The van der Waals surface area contributed by atoms with Gasteiger partial charge in [0, 0.05) is 18.7 Å². The van der Waals surface area contributed by atoms with Gasteiger partial charge < -0.3 is 16.4 Å².